The summed E-state index contributed by atoms with van der Waals surface area (Å²) in [6.07, 6.45) is 2.67. The van der Waals surface area contributed by atoms with E-state index < -0.39 is 0 Å². The molecule has 0 saturated carbocycles. The van der Waals surface area contributed by atoms with Gasteiger partial charge in [0.05, 0.1) is 31.5 Å². The van der Waals surface area contributed by atoms with Crippen molar-refractivity contribution in [3.05, 3.63) is 29.3 Å². The molecule has 5 nitrogen and oxygen atoms in total. The van der Waals surface area contributed by atoms with E-state index in [1.165, 1.54) is 0 Å². The summed E-state index contributed by atoms with van der Waals surface area (Å²) < 4.78 is 11.0. The average molecular weight is 316 g/mol. The summed E-state index contributed by atoms with van der Waals surface area (Å²) in [6, 6.07) is 8.07. The molecule has 124 valence electrons. The monoisotopic (exact) mass is 316 g/mol. The van der Waals surface area contributed by atoms with E-state index in [1.54, 1.807) is 13.2 Å². The Bertz CT molecular complexity index is 584. The van der Waals surface area contributed by atoms with Gasteiger partial charge >= 0.3 is 0 Å². The van der Waals surface area contributed by atoms with Crippen molar-refractivity contribution in [3.63, 3.8) is 0 Å². The van der Waals surface area contributed by atoms with E-state index in [2.05, 4.69) is 11.0 Å². The third-order valence-corrected chi connectivity index (χ3v) is 5.05. The number of aliphatic hydroxyl groups is 1. The van der Waals surface area contributed by atoms with Crippen LogP contribution in [0, 0.1) is 17.2 Å². The van der Waals surface area contributed by atoms with Crippen molar-refractivity contribution in [1.82, 2.24) is 4.90 Å². The van der Waals surface area contributed by atoms with E-state index in [4.69, 9.17) is 14.7 Å². The second-order valence-corrected chi connectivity index (χ2v) is 6.41. The molecule has 23 heavy (non-hydrogen) atoms. The number of rotatable bonds is 4. The molecule has 5 heteroatoms. The van der Waals surface area contributed by atoms with Crippen LogP contribution in [0.25, 0.3) is 0 Å². The molecule has 1 aromatic carbocycles. The lowest BCUT2D eigenvalue weighted by atomic mass is 9.89. The maximum absolute atomic E-state index is 10.3. The molecule has 2 aliphatic heterocycles. The van der Waals surface area contributed by atoms with Gasteiger partial charge in [0.1, 0.15) is 5.75 Å². The molecule has 2 heterocycles. The molecule has 2 aliphatic rings. The molecule has 0 aromatic heterocycles. The van der Waals surface area contributed by atoms with Crippen LogP contribution in [0.15, 0.2) is 18.2 Å². The van der Waals surface area contributed by atoms with E-state index in [0.717, 1.165) is 43.7 Å². The Hall–Kier alpha value is -1.61. The van der Waals surface area contributed by atoms with Gasteiger partial charge in [-0.05, 0) is 44.0 Å². The zero-order chi connectivity index (χ0) is 16.2. The normalized spacial score (nSPS) is 28.5. The second kappa shape index (κ2) is 7.31. The zero-order valence-electron chi connectivity index (χ0n) is 13.6. The molecule has 3 rings (SSSR count). The van der Waals surface area contributed by atoms with Gasteiger partial charge in [-0.2, -0.15) is 5.26 Å². The first kappa shape index (κ1) is 16.3. The fraction of sp³-hybridized carbons (Fsp3) is 0.611. The van der Waals surface area contributed by atoms with Crippen LogP contribution in [0.3, 0.4) is 0 Å². The molecule has 1 N–H and O–H groups in total. The molecule has 0 spiro atoms. The number of benzene rings is 1. The smallest absolute Gasteiger partial charge is 0.123 e. The van der Waals surface area contributed by atoms with Crippen molar-refractivity contribution < 1.29 is 14.6 Å². The molecule has 0 unspecified atom stereocenters. The number of hydrogen-bond donors (Lipinski definition) is 1. The molecule has 0 bridgehead atoms. The summed E-state index contributed by atoms with van der Waals surface area (Å²) in [5.74, 6) is 0.992. The third kappa shape index (κ3) is 3.50. The van der Waals surface area contributed by atoms with E-state index in [1.807, 2.05) is 12.1 Å². The van der Waals surface area contributed by atoms with Gasteiger partial charge in [-0.1, -0.05) is 0 Å². The van der Waals surface area contributed by atoms with Crippen molar-refractivity contribution in [1.29, 1.82) is 5.26 Å². The first-order chi connectivity index (χ1) is 11.2. The number of hydrogen-bond acceptors (Lipinski definition) is 5. The first-order valence-electron chi connectivity index (χ1n) is 8.30. The van der Waals surface area contributed by atoms with E-state index in [-0.39, 0.29) is 12.0 Å². The minimum atomic E-state index is -0.276. The van der Waals surface area contributed by atoms with Gasteiger partial charge in [0, 0.05) is 30.7 Å². The Morgan fingerprint density at radius 1 is 1.43 bits per heavy atom. The van der Waals surface area contributed by atoms with Crippen molar-refractivity contribution in [2.24, 2.45) is 5.92 Å². The topological polar surface area (TPSA) is 65.7 Å². The molecular formula is C18H24N2O3. The van der Waals surface area contributed by atoms with Crippen LogP contribution in [0.5, 0.6) is 5.75 Å². The summed E-state index contributed by atoms with van der Waals surface area (Å²) in [4.78, 5) is 2.40. The standard InChI is InChI=1S/C18H24N2O3/c1-22-18-5-4-13(10-19)9-14(18)11-20-7-2-3-16(20)15-12-23-8-6-17(15)21/h4-5,9,15-17,21H,2-3,6-8,11-12H2,1H3/t15-,16+,17+/m0/s1. The second-order valence-electron chi connectivity index (χ2n) is 6.41. The first-order valence-corrected chi connectivity index (χ1v) is 8.30. The van der Waals surface area contributed by atoms with Crippen molar-refractivity contribution in [2.45, 2.75) is 38.0 Å². The molecule has 2 saturated heterocycles. The highest BCUT2D eigenvalue weighted by Crippen LogP contribution is 2.32. The molecule has 0 aliphatic carbocycles. The molecule has 2 fully saturated rings. The lowest BCUT2D eigenvalue weighted by molar-refractivity contribution is -0.0636. The Morgan fingerprint density at radius 2 is 2.30 bits per heavy atom. The molecular weight excluding hydrogens is 292 g/mol. The number of nitrogens with zero attached hydrogens (tertiary/aromatic N) is 2. The summed E-state index contributed by atoms with van der Waals surface area (Å²) in [5.41, 5.74) is 1.68. The van der Waals surface area contributed by atoms with Crippen LogP contribution in [0.1, 0.15) is 30.4 Å². The van der Waals surface area contributed by atoms with Gasteiger partial charge in [0.15, 0.2) is 0 Å². The number of aliphatic hydroxyl groups excluding tert-OH is 1. The van der Waals surface area contributed by atoms with Crippen LogP contribution in [0.4, 0.5) is 0 Å². The summed E-state index contributed by atoms with van der Waals surface area (Å²) in [7, 11) is 1.66. The number of nitriles is 1. The quantitative estimate of drug-likeness (QED) is 0.919. The van der Waals surface area contributed by atoms with Gasteiger partial charge in [-0.25, -0.2) is 0 Å². The van der Waals surface area contributed by atoms with Crippen molar-refractivity contribution in [2.75, 3.05) is 26.9 Å². The predicted octanol–water partition coefficient (Wildman–Crippen LogP) is 1.93. The SMILES string of the molecule is COc1ccc(C#N)cc1CN1CCC[C@@H]1[C@@H]1COCC[C@H]1O. The van der Waals surface area contributed by atoms with Gasteiger partial charge in [0.25, 0.3) is 0 Å². The lowest BCUT2D eigenvalue weighted by Crippen LogP contribution is -2.45. The fourth-order valence-electron chi connectivity index (χ4n) is 3.84. The van der Waals surface area contributed by atoms with Crippen molar-refractivity contribution in [3.8, 4) is 11.8 Å². The molecule has 3 atom stereocenters. The molecule has 1 aromatic rings. The van der Waals surface area contributed by atoms with Crippen LogP contribution >= 0.6 is 0 Å². The minimum absolute atomic E-state index is 0.177. The highest BCUT2D eigenvalue weighted by molar-refractivity contribution is 5.42. The Balaban J connectivity index is 1.77. The third-order valence-electron chi connectivity index (χ3n) is 5.05. The largest absolute Gasteiger partial charge is 0.496 e. The summed E-state index contributed by atoms with van der Waals surface area (Å²) in [5, 5.41) is 19.4. The highest BCUT2D eigenvalue weighted by atomic mass is 16.5. The van der Waals surface area contributed by atoms with Crippen molar-refractivity contribution >= 4 is 0 Å². The fourth-order valence-corrected chi connectivity index (χ4v) is 3.84. The van der Waals surface area contributed by atoms with E-state index in [9.17, 15) is 5.11 Å². The maximum Gasteiger partial charge on any atom is 0.123 e. The Morgan fingerprint density at radius 3 is 3.04 bits per heavy atom. The van der Waals surface area contributed by atoms with E-state index in [0.29, 0.717) is 24.8 Å². The van der Waals surface area contributed by atoms with Crippen LogP contribution in [0.2, 0.25) is 0 Å². The number of likely N-dealkylation sites (tertiary alicyclic amines) is 1. The van der Waals surface area contributed by atoms with Crippen LogP contribution in [-0.4, -0.2) is 49.0 Å². The van der Waals surface area contributed by atoms with Gasteiger partial charge in [-0.3, -0.25) is 4.90 Å². The lowest BCUT2D eigenvalue weighted by Gasteiger charge is -2.37. The van der Waals surface area contributed by atoms with Crippen LogP contribution < -0.4 is 4.74 Å². The van der Waals surface area contributed by atoms with Gasteiger partial charge in [-0.15, -0.1) is 0 Å². The predicted molar refractivity (Wildman–Crippen MR) is 86.1 cm³/mol. The van der Waals surface area contributed by atoms with E-state index >= 15 is 0 Å². The zero-order valence-corrected chi connectivity index (χ0v) is 13.6. The van der Waals surface area contributed by atoms with Gasteiger partial charge in [0.2, 0.25) is 0 Å². The Kier molecular flexibility index (Phi) is 5.16. The van der Waals surface area contributed by atoms with Crippen LogP contribution in [-0.2, 0) is 11.3 Å². The summed E-state index contributed by atoms with van der Waals surface area (Å²) >= 11 is 0. The molecule has 0 radical (unpaired) electrons. The number of ether oxygens (including phenoxy) is 2. The number of methoxy groups -OCH3 is 1. The minimum Gasteiger partial charge on any atom is -0.496 e. The highest BCUT2D eigenvalue weighted by Gasteiger charge is 2.37. The molecule has 0 amide bonds. The summed E-state index contributed by atoms with van der Waals surface area (Å²) in [6.45, 7) is 3.04. The maximum atomic E-state index is 10.3. The van der Waals surface area contributed by atoms with Gasteiger partial charge < -0.3 is 14.6 Å². The Labute approximate surface area is 137 Å². The average Bonchev–Trinajstić information content (AvgIpc) is 3.03.